The first-order chi connectivity index (χ1) is 11.5. The second-order valence-corrected chi connectivity index (χ2v) is 5.38. The van der Waals surface area contributed by atoms with Crippen molar-refractivity contribution in [3.8, 4) is 5.69 Å². The molecule has 2 heterocycles. The van der Waals surface area contributed by atoms with Gasteiger partial charge in [0.15, 0.2) is 0 Å². The molecule has 0 aliphatic carbocycles. The molecule has 1 aromatic carbocycles. The van der Waals surface area contributed by atoms with Gasteiger partial charge in [-0.3, -0.25) is 14.0 Å². The number of aromatic carboxylic acids is 1. The van der Waals surface area contributed by atoms with Gasteiger partial charge in [-0.15, -0.1) is 0 Å². The van der Waals surface area contributed by atoms with Gasteiger partial charge in [0.2, 0.25) is 0 Å². The molecule has 0 atom stereocenters. The first-order valence-corrected chi connectivity index (χ1v) is 7.18. The lowest BCUT2D eigenvalue weighted by Crippen LogP contribution is -2.25. The Hall–Kier alpha value is -3.22. The first kappa shape index (κ1) is 15.7. The van der Waals surface area contributed by atoms with Gasteiger partial charge in [0.05, 0.1) is 18.4 Å². The quantitative estimate of drug-likeness (QED) is 0.797. The predicted octanol–water partition coefficient (Wildman–Crippen LogP) is 2.23. The van der Waals surface area contributed by atoms with Crippen LogP contribution < -0.4 is 5.56 Å². The Morgan fingerprint density at radius 1 is 1.33 bits per heavy atom. The Morgan fingerprint density at radius 3 is 2.83 bits per heavy atom. The zero-order valence-electron chi connectivity index (χ0n) is 12.8. The molecule has 6 nitrogen and oxygen atoms in total. The van der Waals surface area contributed by atoms with Crippen LogP contribution in [0.15, 0.2) is 53.7 Å². The van der Waals surface area contributed by atoms with Crippen molar-refractivity contribution in [2.45, 2.75) is 13.5 Å². The molecule has 0 radical (unpaired) electrons. The third-order valence-electron chi connectivity index (χ3n) is 3.65. The zero-order chi connectivity index (χ0) is 17.3. The number of carboxylic acid groups (broad SMARTS) is 1. The van der Waals surface area contributed by atoms with Gasteiger partial charge in [0.25, 0.3) is 5.56 Å². The summed E-state index contributed by atoms with van der Waals surface area (Å²) >= 11 is 0. The topological polar surface area (TPSA) is 77.1 Å². The maximum absolute atomic E-state index is 13.2. The van der Waals surface area contributed by atoms with Gasteiger partial charge in [-0.05, 0) is 36.2 Å². The summed E-state index contributed by atoms with van der Waals surface area (Å²) in [6.45, 7) is 1.91. The standard InChI is InChI=1S/C17H14FN3O3/c1-11-5-6-21(16(22)15(11)17(23)24)14-8-19-20(10-14)9-12-3-2-4-13(18)7-12/h2-8,10H,9H2,1H3,(H,23,24). The van der Waals surface area contributed by atoms with Crippen LogP contribution in [0.2, 0.25) is 0 Å². The van der Waals surface area contributed by atoms with Crippen LogP contribution in [0.5, 0.6) is 0 Å². The largest absolute Gasteiger partial charge is 0.477 e. The van der Waals surface area contributed by atoms with E-state index in [2.05, 4.69) is 5.10 Å². The van der Waals surface area contributed by atoms with Crippen molar-refractivity contribution in [1.29, 1.82) is 0 Å². The molecule has 3 aromatic rings. The molecule has 3 rings (SSSR count). The number of hydrogen-bond acceptors (Lipinski definition) is 3. The van der Waals surface area contributed by atoms with Crippen molar-refractivity contribution >= 4 is 5.97 Å². The highest BCUT2D eigenvalue weighted by Crippen LogP contribution is 2.10. The fourth-order valence-electron chi connectivity index (χ4n) is 2.48. The highest BCUT2D eigenvalue weighted by atomic mass is 19.1. The Morgan fingerprint density at radius 2 is 2.12 bits per heavy atom. The average Bonchev–Trinajstić information content (AvgIpc) is 2.95. The van der Waals surface area contributed by atoms with Crippen LogP contribution >= 0.6 is 0 Å². The fourth-order valence-corrected chi connectivity index (χ4v) is 2.48. The van der Waals surface area contributed by atoms with Crippen molar-refractivity contribution in [3.63, 3.8) is 0 Å². The minimum absolute atomic E-state index is 0.268. The molecule has 0 aliphatic rings. The van der Waals surface area contributed by atoms with Crippen LogP contribution in [0.3, 0.4) is 0 Å². The number of rotatable bonds is 4. The zero-order valence-corrected chi connectivity index (χ0v) is 12.8. The normalized spacial score (nSPS) is 10.8. The summed E-state index contributed by atoms with van der Waals surface area (Å²) in [5.74, 6) is -1.60. The van der Waals surface area contributed by atoms with Crippen molar-refractivity contribution in [3.05, 3.63) is 81.8 Å². The van der Waals surface area contributed by atoms with Crippen LogP contribution in [-0.2, 0) is 6.54 Å². The Kier molecular flexibility index (Phi) is 3.99. The Balaban J connectivity index is 1.95. The van der Waals surface area contributed by atoms with Gasteiger partial charge in [-0.25, -0.2) is 9.18 Å². The van der Waals surface area contributed by atoms with Gasteiger partial charge in [-0.1, -0.05) is 12.1 Å². The van der Waals surface area contributed by atoms with Crippen molar-refractivity contribution in [2.24, 2.45) is 0 Å². The van der Waals surface area contributed by atoms with Gasteiger partial charge < -0.3 is 5.11 Å². The molecule has 0 unspecified atom stereocenters. The molecule has 0 amide bonds. The van der Waals surface area contributed by atoms with E-state index in [9.17, 15) is 19.1 Å². The van der Waals surface area contributed by atoms with Crippen LogP contribution in [0.1, 0.15) is 21.5 Å². The molecule has 0 spiro atoms. The Bertz CT molecular complexity index is 975. The molecule has 7 heteroatoms. The minimum atomic E-state index is -1.26. The summed E-state index contributed by atoms with van der Waals surface area (Å²) in [7, 11) is 0. The van der Waals surface area contributed by atoms with Crippen molar-refractivity contribution in [1.82, 2.24) is 14.3 Å². The van der Waals surface area contributed by atoms with E-state index in [-0.39, 0.29) is 11.4 Å². The predicted molar refractivity (Wildman–Crippen MR) is 85.0 cm³/mol. The minimum Gasteiger partial charge on any atom is -0.477 e. The van der Waals surface area contributed by atoms with Crippen molar-refractivity contribution in [2.75, 3.05) is 0 Å². The number of pyridine rings is 1. The van der Waals surface area contributed by atoms with Crippen LogP contribution in [0, 0.1) is 12.7 Å². The second-order valence-electron chi connectivity index (χ2n) is 5.38. The van der Waals surface area contributed by atoms with Crippen LogP contribution in [0.25, 0.3) is 5.69 Å². The molecule has 0 saturated carbocycles. The molecular formula is C17H14FN3O3. The SMILES string of the molecule is Cc1ccn(-c2cnn(Cc3cccc(F)c3)c2)c(=O)c1C(=O)O. The summed E-state index contributed by atoms with van der Waals surface area (Å²) in [4.78, 5) is 23.6. The summed E-state index contributed by atoms with van der Waals surface area (Å²) in [6, 6.07) is 7.71. The van der Waals surface area contributed by atoms with E-state index >= 15 is 0 Å². The number of halogens is 1. The monoisotopic (exact) mass is 327 g/mol. The fraction of sp³-hybridized carbons (Fsp3) is 0.118. The highest BCUT2D eigenvalue weighted by molar-refractivity contribution is 5.88. The number of carbonyl (C=O) groups is 1. The average molecular weight is 327 g/mol. The molecule has 0 aliphatic heterocycles. The molecule has 1 N–H and O–H groups in total. The molecule has 0 saturated heterocycles. The second kappa shape index (κ2) is 6.11. The van der Waals surface area contributed by atoms with Gasteiger partial charge >= 0.3 is 5.97 Å². The lowest BCUT2D eigenvalue weighted by atomic mass is 10.1. The number of benzene rings is 1. The van der Waals surface area contributed by atoms with Gasteiger partial charge in [0, 0.05) is 12.4 Å². The maximum Gasteiger partial charge on any atom is 0.341 e. The van der Waals surface area contributed by atoms with Crippen LogP contribution in [-0.4, -0.2) is 25.4 Å². The molecular weight excluding hydrogens is 313 g/mol. The highest BCUT2D eigenvalue weighted by Gasteiger charge is 2.15. The van der Waals surface area contributed by atoms with E-state index in [4.69, 9.17) is 0 Å². The summed E-state index contributed by atoms with van der Waals surface area (Å²) < 4.78 is 16.0. The van der Waals surface area contributed by atoms with Crippen molar-refractivity contribution < 1.29 is 14.3 Å². The molecule has 24 heavy (non-hydrogen) atoms. The van der Waals surface area contributed by atoms with E-state index < -0.39 is 11.5 Å². The van der Waals surface area contributed by atoms with E-state index in [0.717, 1.165) is 5.56 Å². The molecule has 2 aromatic heterocycles. The summed E-state index contributed by atoms with van der Waals surface area (Å²) in [6.07, 6.45) is 4.57. The molecule has 122 valence electrons. The third kappa shape index (κ3) is 2.96. The Labute approximate surface area is 136 Å². The maximum atomic E-state index is 13.2. The lowest BCUT2D eigenvalue weighted by Gasteiger charge is -2.06. The number of carboxylic acids is 1. The van der Waals surface area contributed by atoms with Gasteiger partial charge in [-0.2, -0.15) is 5.10 Å². The van der Waals surface area contributed by atoms with E-state index in [1.54, 1.807) is 36.0 Å². The van der Waals surface area contributed by atoms with E-state index in [0.29, 0.717) is 17.8 Å². The van der Waals surface area contributed by atoms with E-state index in [1.807, 2.05) is 0 Å². The third-order valence-corrected chi connectivity index (χ3v) is 3.65. The number of hydrogen-bond donors (Lipinski definition) is 1. The number of aromatic nitrogens is 3. The first-order valence-electron chi connectivity index (χ1n) is 7.18. The summed E-state index contributed by atoms with van der Waals surface area (Å²) in [5.41, 5.74) is 0.685. The number of nitrogens with zero attached hydrogens (tertiary/aromatic N) is 3. The van der Waals surface area contributed by atoms with Crippen LogP contribution in [0.4, 0.5) is 4.39 Å². The summed E-state index contributed by atoms with van der Waals surface area (Å²) in [5, 5.41) is 13.3. The molecule has 0 bridgehead atoms. The lowest BCUT2D eigenvalue weighted by molar-refractivity contribution is 0.0693. The molecule has 0 fully saturated rings. The number of aryl methyl sites for hydroxylation is 1. The van der Waals surface area contributed by atoms with Gasteiger partial charge in [0.1, 0.15) is 11.4 Å². The van der Waals surface area contributed by atoms with E-state index in [1.165, 1.54) is 29.1 Å². The smallest absolute Gasteiger partial charge is 0.341 e.